The molecule has 0 aromatic carbocycles. The Kier molecular flexibility index (Phi) is 3.09. The highest BCUT2D eigenvalue weighted by Gasteiger charge is 2.19. The van der Waals surface area contributed by atoms with Gasteiger partial charge < -0.3 is 9.84 Å². The van der Waals surface area contributed by atoms with Crippen LogP contribution in [0.1, 0.15) is 12.8 Å². The lowest BCUT2D eigenvalue weighted by Crippen LogP contribution is -2.12. The molecular formula is C7H13FO2. The first-order chi connectivity index (χ1) is 4.83. The molecule has 0 aromatic rings. The smallest absolute Gasteiger partial charge is 0.123 e. The number of hydrogen-bond acceptors (Lipinski definition) is 2. The number of ether oxygens (including phenoxy) is 1. The normalized spacial score (nSPS) is 28.8. The van der Waals surface area contributed by atoms with Crippen LogP contribution in [0.4, 0.5) is 4.39 Å². The summed E-state index contributed by atoms with van der Waals surface area (Å²) in [7, 11) is 0. The molecule has 1 rings (SSSR count). The first kappa shape index (κ1) is 7.95. The predicted molar refractivity (Wildman–Crippen MR) is 35.5 cm³/mol. The fourth-order valence-electron chi connectivity index (χ4n) is 1.21. The first-order valence-electron chi connectivity index (χ1n) is 3.65. The van der Waals surface area contributed by atoms with Crippen molar-refractivity contribution in [1.82, 2.24) is 0 Å². The Bertz CT molecular complexity index is 91.6. The Morgan fingerprint density at radius 2 is 2.50 bits per heavy atom. The van der Waals surface area contributed by atoms with E-state index in [-0.39, 0.29) is 6.61 Å². The molecule has 1 aliphatic heterocycles. The van der Waals surface area contributed by atoms with Gasteiger partial charge in [-0.15, -0.1) is 0 Å². The molecule has 0 amide bonds. The Morgan fingerprint density at radius 3 is 3.00 bits per heavy atom. The highest BCUT2D eigenvalue weighted by molar-refractivity contribution is 4.68. The number of alkyl halides is 1. The van der Waals surface area contributed by atoms with E-state index in [1.165, 1.54) is 0 Å². The summed E-state index contributed by atoms with van der Waals surface area (Å²) in [6.07, 6.45) is 0.350. The van der Waals surface area contributed by atoms with Crippen LogP contribution in [0.5, 0.6) is 0 Å². The molecule has 3 heteroatoms. The van der Waals surface area contributed by atoms with Gasteiger partial charge in [-0.2, -0.15) is 0 Å². The topological polar surface area (TPSA) is 29.5 Å². The van der Waals surface area contributed by atoms with E-state index in [1.54, 1.807) is 0 Å². The summed E-state index contributed by atoms with van der Waals surface area (Å²) >= 11 is 0. The van der Waals surface area contributed by atoms with Gasteiger partial charge in [-0.1, -0.05) is 0 Å². The van der Waals surface area contributed by atoms with Crippen molar-refractivity contribution >= 4 is 0 Å². The SMILES string of the molecule is OC[C@@H](F)C[C@@H]1CCOC1. The van der Waals surface area contributed by atoms with Gasteiger partial charge >= 0.3 is 0 Å². The maximum absolute atomic E-state index is 12.5. The molecule has 2 nitrogen and oxygen atoms in total. The lowest BCUT2D eigenvalue weighted by Gasteiger charge is -2.08. The zero-order valence-electron chi connectivity index (χ0n) is 5.92. The number of hydrogen-bond donors (Lipinski definition) is 1. The van der Waals surface area contributed by atoms with Crippen molar-refractivity contribution < 1.29 is 14.2 Å². The highest BCUT2D eigenvalue weighted by Crippen LogP contribution is 2.18. The van der Waals surface area contributed by atoms with Gasteiger partial charge in [-0.3, -0.25) is 0 Å². The minimum atomic E-state index is -1.05. The third-order valence-corrected chi connectivity index (χ3v) is 1.81. The average Bonchev–Trinajstić information content (AvgIpc) is 2.40. The van der Waals surface area contributed by atoms with Gasteiger partial charge in [0.25, 0.3) is 0 Å². The van der Waals surface area contributed by atoms with E-state index in [4.69, 9.17) is 9.84 Å². The van der Waals surface area contributed by atoms with Crippen molar-refractivity contribution in [2.24, 2.45) is 5.92 Å². The van der Waals surface area contributed by atoms with Crippen LogP contribution < -0.4 is 0 Å². The van der Waals surface area contributed by atoms with Crippen LogP contribution in [-0.4, -0.2) is 31.1 Å². The first-order valence-corrected chi connectivity index (χ1v) is 3.65. The summed E-state index contributed by atoms with van der Waals surface area (Å²) in [6, 6.07) is 0. The molecule has 0 unspecified atom stereocenters. The van der Waals surface area contributed by atoms with Crippen LogP contribution >= 0.6 is 0 Å². The lowest BCUT2D eigenvalue weighted by molar-refractivity contribution is 0.139. The molecule has 0 aromatic heterocycles. The van der Waals surface area contributed by atoms with E-state index in [0.717, 1.165) is 13.0 Å². The van der Waals surface area contributed by atoms with Crippen molar-refractivity contribution in [3.05, 3.63) is 0 Å². The molecule has 1 saturated heterocycles. The maximum Gasteiger partial charge on any atom is 0.123 e. The fourth-order valence-corrected chi connectivity index (χ4v) is 1.21. The Morgan fingerprint density at radius 1 is 1.70 bits per heavy atom. The van der Waals surface area contributed by atoms with Crippen LogP contribution in [-0.2, 0) is 4.74 Å². The maximum atomic E-state index is 12.5. The Labute approximate surface area is 60.0 Å². The number of aliphatic hydroxyl groups is 1. The second-order valence-corrected chi connectivity index (χ2v) is 2.75. The largest absolute Gasteiger partial charge is 0.393 e. The van der Waals surface area contributed by atoms with Gasteiger partial charge in [0.15, 0.2) is 0 Å². The van der Waals surface area contributed by atoms with Gasteiger partial charge in [0.2, 0.25) is 0 Å². The second-order valence-electron chi connectivity index (χ2n) is 2.75. The van der Waals surface area contributed by atoms with E-state index < -0.39 is 6.17 Å². The number of halogens is 1. The molecule has 1 heterocycles. The summed E-state index contributed by atoms with van der Waals surface area (Å²) in [4.78, 5) is 0. The van der Waals surface area contributed by atoms with Crippen molar-refractivity contribution in [2.75, 3.05) is 19.8 Å². The molecule has 1 N–H and O–H groups in total. The average molecular weight is 148 g/mol. The van der Waals surface area contributed by atoms with Crippen molar-refractivity contribution in [3.8, 4) is 0 Å². The lowest BCUT2D eigenvalue weighted by atomic mass is 10.0. The summed E-state index contributed by atoms with van der Waals surface area (Å²) in [5, 5.41) is 8.38. The van der Waals surface area contributed by atoms with Crippen LogP contribution in [0.15, 0.2) is 0 Å². The number of rotatable bonds is 3. The zero-order chi connectivity index (χ0) is 7.40. The van der Waals surface area contributed by atoms with Gasteiger partial charge in [0.1, 0.15) is 6.17 Å². The summed E-state index contributed by atoms with van der Waals surface area (Å²) in [5.41, 5.74) is 0. The minimum absolute atomic E-state index is 0.335. The molecule has 1 fully saturated rings. The standard InChI is InChI=1S/C7H13FO2/c8-7(4-9)3-6-1-2-10-5-6/h6-7,9H,1-5H2/t6-,7-/m0/s1. The molecule has 0 aliphatic carbocycles. The monoisotopic (exact) mass is 148 g/mol. The fraction of sp³-hybridized carbons (Fsp3) is 1.00. The van der Waals surface area contributed by atoms with Gasteiger partial charge in [-0.05, 0) is 18.8 Å². The molecule has 2 atom stereocenters. The van der Waals surface area contributed by atoms with Crippen LogP contribution in [0.2, 0.25) is 0 Å². The molecular weight excluding hydrogens is 135 g/mol. The molecule has 10 heavy (non-hydrogen) atoms. The third-order valence-electron chi connectivity index (χ3n) is 1.81. The second kappa shape index (κ2) is 3.88. The van der Waals surface area contributed by atoms with E-state index in [1.807, 2.05) is 0 Å². The summed E-state index contributed by atoms with van der Waals surface area (Å²) < 4.78 is 17.5. The predicted octanol–water partition coefficient (Wildman–Crippen LogP) is 0.743. The molecule has 1 aliphatic rings. The van der Waals surface area contributed by atoms with Gasteiger partial charge in [-0.25, -0.2) is 4.39 Å². The minimum Gasteiger partial charge on any atom is -0.393 e. The highest BCUT2D eigenvalue weighted by atomic mass is 19.1. The summed E-state index contributed by atoms with van der Waals surface area (Å²) in [6.45, 7) is 1.07. The molecule has 0 spiro atoms. The van der Waals surface area contributed by atoms with Crippen LogP contribution in [0.25, 0.3) is 0 Å². The van der Waals surface area contributed by atoms with Crippen LogP contribution in [0, 0.1) is 5.92 Å². The van der Waals surface area contributed by atoms with E-state index in [9.17, 15) is 4.39 Å². The quantitative estimate of drug-likeness (QED) is 0.639. The van der Waals surface area contributed by atoms with Crippen molar-refractivity contribution in [1.29, 1.82) is 0 Å². The zero-order valence-corrected chi connectivity index (χ0v) is 5.92. The molecule has 60 valence electrons. The molecule has 0 saturated carbocycles. The van der Waals surface area contributed by atoms with E-state index in [0.29, 0.717) is 18.9 Å². The Balaban J connectivity index is 2.11. The van der Waals surface area contributed by atoms with Crippen LogP contribution in [0.3, 0.4) is 0 Å². The summed E-state index contributed by atoms with van der Waals surface area (Å²) in [5.74, 6) is 0.335. The van der Waals surface area contributed by atoms with E-state index in [2.05, 4.69) is 0 Å². The van der Waals surface area contributed by atoms with Gasteiger partial charge in [0, 0.05) is 13.2 Å². The Hall–Kier alpha value is -0.150. The third kappa shape index (κ3) is 2.23. The van der Waals surface area contributed by atoms with Crippen molar-refractivity contribution in [2.45, 2.75) is 19.0 Å². The molecule has 0 radical (unpaired) electrons. The van der Waals surface area contributed by atoms with Gasteiger partial charge in [0.05, 0.1) is 6.61 Å². The van der Waals surface area contributed by atoms with Crippen molar-refractivity contribution in [3.63, 3.8) is 0 Å². The number of aliphatic hydroxyl groups excluding tert-OH is 1. The van der Waals surface area contributed by atoms with E-state index >= 15 is 0 Å². The molecule has 0 bridgehead atoms.